The van der Waals surface area contributed by atoms with Gasteiger partial charge in [0.1, 0.15) is 5.82 Å². The fourth-order valence-corrected chi connectivity index (χ4v) is 2.43. The molecule has 0 spiro atoms. The van der Waals surface area contributed by atoms with E-state index in [1.165, 1.54) is 0 Å². The fraction of sp³-hybridized carbons (Fsp3) is 0.235. The minimum Gasteiger partial charge on any atom is -0.483 e. The van der Waals surface area contributed by atoms with Gasteiger partial charge in [-0.05, 0) is 18.2 Å². The molecular weight excluding hydrogens is 322 g/mol. The highest BCUT2D eigenvalue weighted by molar-refractivity contribution is 5.33. The minimum absolute atomic E-state index is 0.111. The van der Waals surface area contributed by atoms with Crippen LogP contribution in [0, 0.1) is 0 Å². The normalized spacial score (nSPS) is 10.3. The lowest BCUT2D eigenvalue weighted by Crippen LogP contribution is -2.27. The summed E-state index contributed by atoms with van der Waals surface area (Å²) in [7, 11) is 0. The first-order chi connectivity index (χ1) is 12.3. The molecule has 0 aliphatic carbocycles. The SMILES string of the molecule is O=CO.OCCN(Cc1ncc[nH]1)Cc1ccnn1-c1ccccc1. The van der Waals surface area contributed by atoms with Crippen molar-refractivity contribution in [3.05, 3.63) is 66.5 Å². The van der Waals surface area contributed by atoms with Crippen molar-refractivity contribution in [1.29, 1.82) is 0 Å². The number of rotatable bonds is 7. The molecule has 3 rings (SSSR count). The lowest BCUT2D eigenvalue weighted by atomic mass is 10.3. The Hall–Kier alpha value is -2.97. The average Bonchev–Trinajstić information content (AvgIpc) is 3.28. The molecule has 0 aliphatic rings. The Morgan fingerprint density at radius 3 is 2.56 bits per heavy atom. The maximum absolute atomic E-state index is 9.29. The number of para-hydroxylation sites is 1. The van der Waals surface area contributed by atoms with E-state index in [9.17, 15) is 5.11 Å². The summed E-state index contributed by atoms with van der Waals surface area (Å²) < 4.78 is 1.92. The molecule has 0 aliphatic heterocycles. The molecule has 8 heteroatoms. The fourth-order valence-electron chi connectivity index (χ4n) is 2.43. The minimum atomic E-state index is -0.250. The summed E-state index contributed by atoms with van der Waals surface area (Å²) >= 11 is 0. The van der Waals surface area contributed by atoms with Gasteiger partial charge >= 0.3 is 0 Å². The van der Waals surface area contributed by atoms with E-state index in [0.717, 1.165) is 17.2 Å². The number of aliphatic hydroxyl groups excluding tert-OH is 1. The number of hydrogen-bond donors (Lipinski definition) is 3. The average molecular weight is 343 g/mol. The van der Waals surface area contributed by atoms with Crippen LogP contribution < -0.4 is 0 Å². The first-order valence-electron chi connectivity index (χ1n) is 7.76. The maximum atomic E-state index is 9.29. The van der Waals surface area contributed by atoms with Crippen LogP contribution in [0.5, 0.6) is 0 Å². The Morgan fingerprint density at radius 2 is 1.92 bits per heavy atom. The Labute approximate surface area is 145 Å². The monoisotopic (exact) mass is 343 g/mol. The summed E-state index contributed by atoms with van der Waals surface area (Å²) in [5.74, 6) is 0.888. The number of aromatic amines is 1. The van der Waals surface area contributed by atoms with Crippen molar-refractivity contribution < 1.29 is 15.0 Å². The Morgan fingerprint density at radius 1 is 1.16 bits per heavy atom. The maximum Gasteiger partial charge on any atom is 0.290 e. The Kier molecular flexibility index (Phi) is 7.36. The van der Waals surface area contributed by atoms with Gasteiger partial charge in [0.2, 0.25) is 0 Å². The van der Waals surface area contributed by atoms with Crippen molar-refractivity contribution in [1.82, 2.24) is 24.6 Å². The first-order valence-corrected chi connectivity index (χ1v) is 7.76. The van der Waals surface area contributed by atoms with Gasteiger partial charge < -0.3 is 15.2 Å². The lowest BCUT2D eigenvalue weighted by molar-refractivity contribution is -0.122. The van der Waals surface area contributed by atoms with Crippen LogP contribution in [0.15, 0.2) is 55.0 Å². The molecule has 0 saturated carbocycles. The first kappa shape index (κ1) is 18.4. The van der Waals surface area contributed by atoms with Crippen molar-refractivity contribution in [2.45, 2.75) is 13.1 Å². The molecule has 3 N–H and O–H groups in total. The highest BCUT2D eigenvalue weighted by Gasteiger charge is 2.12. The third kappa shape index (κ3) is 5.55. The molecule has 0 saturated heterocycles. The molecule has 0 radical (unpaired) electrons. The van der Waals surface area contributed by atoms with Gasteiger partial charge in [-0.2, -0.15) is 5.10 Å². The number of nitrogens with one attached hydrogen (secondary N) is 1. The lowest BCUT2D eigenvalue weighted by Gasteiger charge is -2.20. The number of aromatic nitrogens is 4. The predicted octanol–water partition coefficient (Wildman–Crippen LogP) is 1.29. The summed E-state index contributed by atoms with van der Waals surface area (Å²) in [6.07, 6.45) is 5.34. The second-order valence-electron chi connectivity index (χ2n) is 5.15. The van der Waals surface area contributed by atoms with E-state index in [-0.39, 0.29) is 13.1 Å². The summed E-state index contributed by atoms with van der Waals surface area (Å²) in [5.41, 5.74) is 2.11. The number of benzene rings is 1. The van der Waals surface area contributed by atoms with E-state index in [1.54, 1.807) is 18.6 Å². The number of nitrogens with zero attached hydrogens (tertiary/aromatic N) is 4. The molecule has 2 aromatic heterocycles. The van der Waals surface area contributed by atoms with Crippen LogP contribution in [0.25, 0.3) is 5.69 Å². The van der Waals surface area contributed by atoms with E-state index in [0.29, 0.717) is 19.6 Å². The van der Waals surface area contributed by atoms with Gasteiger partial charge in [-0.15, -0.1) is 0 Å². The van der Waals surface area contributed by atoms with Crippen LogP contribution in [0.2, 0.25) is 0 Å². The third-order valence-corrected chi connectivity index (χ3v) is 3.45. The van der Waals surface area contributed by atoms with Crippen LogP contribution in [0.3, 0.4) is 0 Å². The van der Waals surface area contributed by atoms with Gasteiger partial charge in [0.15, 0.2) is 0 Å². The van der Waals surface area contributed by atoms with Crippen molar-refractivity contribution in [3.63, 3.8) is 0 Å². The Balaban J connectivity index is 0.000000701. The van der Waals surface area contributed by atoms with Gasteiger partial charge in [0.25, 0.3) is 6.47 Å². The van der Waals surface area contributed by atoms with Gasteiger partial charge in [0.05, 0.1) is 24.5 Å². The van der Waals surface area contributed by atoms with Gasteiger partial charge in [-0.25, -0.2) is 9.67 Å². The highest BCUT2D eigenvalue weighted by Crippen LogP contribution is 2.13. The summed E-state index contributed by atoms with van der Waals surface area (Å²) in [5, 5.41) is 20.6. The van der Waals surface area contributed by atoms with Crippen LogP contribution in [-0.4, -0.2) is 54.5 Å². The van der Waals surface area contributed by atoms with E-state index in [4.69, 9.17) is 9.90 Å². The number of carboxylic acid groups (broad SMARTS) is 1. The molecule has 1 aromatic carbocycles. The second-order valence-corrected chi connectivity index (χ2v) is 5.15. The largest absolute Gasteiger partial charge is 0.483 e. The molecule has 25 heavy (non-hydrogen) atoms. The molecule has 3 aromatic rings. The van der Waals surface area contributed by atoms with Gasteiger partial charge in [-0.1, -0.05) is 18.2 Å². The molecule has 0 bridgehead atoms. The molecular formula is C17H21N5O3. The van der Waals surface area contributed by atoms with Crippen molar-refractivity contribution >= 4 is 6.47 Å². The van der Waals surface area contributed by atoms with Gasteiger partial charge in [-0.3, -0.25) is 9.69 Å². The zero-order valence-corrected chi connectivity index (χ0v) is 13.7. The number of aliphatic hydroxyl groups is 1. The van der Waals surface area contributed by atoms with Crippen LogP contribution >= 0.6 is 0 Å². The Bertz CT molecular complexity index is 728. The van der Waals surface area contributed by atoms with Gasteiger partial charge in [0, 0.05) is 31.7 Å². The predicted molar refractivity (Wildman–Crippen MR) is 92.0 cm³/mol. The third-order valence-electron chi connectivity index (χ3n) is 3.45. The molecule has 0 atom stereocenters. The molecule has 0 amide bonds. The van der Waals surface area contributed by atoms with Crippen LogP contribution in [0.1, 0.15) is 11.5 Å². The molecule has 132 valence electrons. The quantitative estimate of drug-likeness (QED) is 0.558. The highest BCUT2D eigenvalue weighted by atomic mass is 16.3. The number of carbonyl (C=O) groups is 1. The molecule has 0 unspecified atom stereocenters. The second kappa shape index (κ2) is 10.0. The number of imidazole rings is 1. The topological polar surface area (TPSA) is 107 Å². The molecule has 0 fully saturated rings. The molecule has 8 nitrogen and oxygen atoms in total. The summed E-state index contributed by atoms with van der Waals surface area (Å²) in [6, 6.07) is 12.0. The zero-order valence-electron chi connectivity index (χ0n) is 13.7. The van der Waals surface area contributed by atoms with E-state index < -0.39 is 0 Å². The van der Waals surface area contributed by atoms with Crippen molar-refractivity contribution in [3.8, 4) is 5.69 Å². The summed E-state index contributed by atoms with van der Waals surface area (Å²) in [6.45, 7) is 1.80. The van der Waals surface area contributed by atoms with E-state index >= 15 is 0 Å². The zero-order chi connectivity index (χ0) is 17.9. The van der Waals surface area contributed by atoms with Crippen LogP contribution in [0.4, 0.5) is 0 Å². The smallest absolute Gasteiger partial charge is 0.290 e. The number of hydrogen-bond acceptors (Lipinski definition) is 5. The van der Waals surface area contributed by atoms with Crippen LogP contribution in [-0.2, 0) is 17.9 Å². The standard InChI is InChI=1S/C16H19N5O.CH2O2/c22-11-10-20(13-16-17-8-9-18-16)12-15-6-7-19-21(15)14-4-2-1-3-5-14;2-1-3/h1-9,22H,10-13H2,(H,17,18);1H,(H,2,3). The van der Waals surface area contributed by atoms with Crippen molar-refractivity contribution in [2.24, 2.45) is 0 Å². The summed E-state index contributed by atoms with van der Waals surface area (Å²) in [4.78, 5) is 17.8. The van der Waals surface area contributed by atoms with E-state index in [1.807, 2.05) is 41.1 Å². The molecule has 2 heterocycles. The van der Waals surface area contributed by atoms with E-state index in [2.05, 4.69) is 20.0 Å². The van der Waals surface area contributed by atoms with Crippen molar-refractivity contribution in [2.75, 3.05) is 13.2 Å². The number of H-pyrrole nitrogens is 1.